The van der Waals surface area contributed by atoms with E-state index in [4.69, 9.17) is 14.2 Å². The van der Waals surface area contributed by atoms with Crippen molar-refractivity contribution in [3.63, 3.8) is 0 Å². The highest BCUT2D eigenvalue weighted by Crippen LogP contribution is 2.48. The molecule has 0 amide bonds. The topological polar surface area (TPSA) is 90.9 Å². The van der Waals surface area contributed by atoms with Crippen LogP contribution in [0.3, 0.4) is 0 Å². The predicted molar refractivity (Wildman–Crippen MR) is 127 cm³/mol. The lowest BCUT2D eigenvalue weighted by molar-refractivity contribution is -0.149. The lowest BCUT2D eigenvalue weighted by Crippen LogP contribution is -2.43. The number of Topliss-reactive ketones (excluding diaryl/α,β-unsaturated/α-hetero) is 1. The third-order valence-corrected chi connectivity index (χ3v) is 7.32. The number of nitrogens with one attached hydrogen (secondary N) is 1. The molecule has 0 unspecified atom stereocenters. The Labute approximate surface area is 202 Å². The Kier molecular flexibility index (Phi) is 6.88. The second kappa shape index (κ2) is 9.85. The maximum atomic E-state index is 14.0. The van der Waals surface area contributed by atoms with Crippen LogP contribution < -0.4 is 10.1 Å². The minimum atomic E-state index is -0.994. The molecule has 8 heteroatoms. The molecule has 1 aliphatic carbocycles. The molecule has 34 heavy (non-hydrogen) atoms. The summed E-state index contributed by atoms with van der Waals surface area (Å²) in [4.78, 5) is 40.6. The van der Waals surface area contributed by atoms with Gasteiger partial charge in [-0.3, -0.25) is 9.59 Å². The number of allylic oxidation sites excluding steroid dienone is 3. The van der Waals surface area contributed by atoms with E-state index >= 15 is 0 Å². The average Bonchev–Trinajstić information content (AvgIpc) is 3.38. The number of ketones is 1. The fraction of sp³-hybridized carbons (Fsp3) is 0.346. The Hall–Kier alpha value is -3.39. The van der Waals surface area contributed by atoms with E-state index in [0.29, 0.717) is 41.3 Å². The zero-order valence-corrected chi connectivity index (χ0v) is 20.4. The van der Waals surface area contributed by atoms with Crippen LogP contribution in [0, 0.1) is 5.92 Å². The summed E-state index contributed by atoms with van der Waals surface area (Å²) in [6, 6.07) is 11.1. The van der Waals surface area contributed by atoms with E-state index in [1.54, 1.807) is 6.92 Å². The molecule has 1 aliphatic heterocycles. The fourth-order valence-corrected chi connectivity index (χ4v) is 5.70. The van der Waals surface area contributed by atoms with Crippen LogP contribution >= 0.6 is 11.3 Å². The minimum Gasteiger partial charge on any atom is -0.494 e. The van der Waals surface area contributed by atoms with Gasteiger partial charge in [0.05, 0.1) is 26.4 Å². The van der Waals surface area contributed by atoms with Crippen molar-refractivity contribution in [2.24, 2.45) is 5.92 Å². The van der Waals surface area contributed by atoms with Crippen molar-refractivity contribution in [2.75, 3.05) is 20.8 Å². The van der Waals surface area contributed by atoms with E-state index in [0.717, 1.165) is 10.4 Å². The number of dihydropyridines is 1. The fourth-order valence-electron chi connectivity index (χ4n) is 4.84. The van der Waals surface area contributed by atoms with E-state index in [1.165, 1.54) is 25.6 Å². The molecule has 2 aliphatic rings. The Bertz CT molecular complexity index is 1160. The average molecular weight is 482 g/mol. The number of ether oxygens (including phenoxy) is 3. The Morgan fingerprint density at radius 2 is 1.85 bits per heavy atom. The van der Waals surface area contributed by atoms with Gasteiger partial charge in [-0.15, -0.1) is 11.3 Å². The van der Waals surface area contributed by atoms with Gasteiger partial charge in [-0.05, 0) is 49.4 Å². The maximum Gasteiger partial charge on any atom is 0.336 e. The van der Waals surface area contributed by atoms with Crippen LogP contribution in [0.2, 0.25) is 0 Å². The lowest BCUT2D eigenvalue weighted by Gasteiger charge is -2.39. The van der Waals surface area contributed by atoms with Crippen molar-refractivity contribution in [3.8, 4) is 5.75 Å². The molecule has 0 radical (unpaired) electrons. The SMILES string of the molecule is CCOc1ccc([C@@H]2C(C(=O)OC)=C(C)NC3=C2C(=O)[C@@H](C(=O)OC)[C@@H](c2cccs2)C3)cc1. The van der Waals surface area contributed by atoms with Gasteiger partial charge in [0.25, 0.3) is 0 Å². The highest BCUT2D eigenvalue weighted by Gasteiger charge is 2.49. The zero-order valence-electron chi connectivity index (χ0n) is 19.5. The van der Waals surface area contributed by atoms with E-state index in [9.17, 15) is 14.4 Å². The Morgan fingerprint density at radius 3 is 2.44 bits per heavy atom. The van der Waals surface area contributed by atoms with E-state index in [-0.39, 0.29) is 11.7 Å². The standard InChI is InChI=1S/C26H27NO6S/c1-5-33-16-10-8-15(9-11-16)21-20(25(29)31-3)14(2)27-18-13-17(19-7-6-12-34-19)22(26(30)32-4)24(28)23(18)21/h6-12,17,21-22,27H,5,13H2,1-4H3/t17-,21-,22+/m1/s1. The summed E-state index contributed by atoms with van der Waals surface area (Å²) in [7, 11) is 2.60. The molecule has 2 aromatic rings. The second-order valence-electron chi connectivity index (χ2n) is 8.17. The maximum absolute atomic E-state index is 14.0. The summed E-state index contributed by atoms with van der Waals surface area (Å²) < 4.78 is 15.7. The molecule has 1 N–H and O–H groups in total. The molecule has 0 spiro atoms. The van der Waals surface area contributed by atoms with Crippen LogP contribution in [0.15, 0.2) is 64.3 Å². The molecule has 1 aromatic heterocycles. The molecule has 3 atom stereocenters. The van der Waals surface area contributed by atoms with Gasteiger partial charge >= 0.3 is 11.9 Å². The van der Waals surface area contributed by atoms with Gasteiger partial charge in [-0.1, -0.05) is 18.2 Å². The Balaban J connectivity index is 1.87. The zero-order chi connectivity index (χ0) is 24.4. The number of benzene rings is 1. The molecule has 0 bridgehead atoms. The first kappa shape index (κ1) is 23.8. The number of thiophene rings is 1. The van der Waals surface area contributed by atoms with Gasteiger partial charge in [-0.2, -0.15) is 0 Å². The molecule has 0 saturated carbocycles. The molecular formula is C26H27NO6S. The van der Waals surface area contributed by atoms with Gasteiger partial charge in [0.1, 0.15) is 11.7 Å². The summed E-state index contributed by atoms with van der Waals surface area (Å²) in [6.45, 7) is 4.23. The Morgan fingerprint density at radius 1 is 1.12 bits per heavy atom. The van der Waals surface area contributed by atoms with Crippen molar-refractivity contribution < 1.29 is 28.6 Å². The molecule has 2 heterocycles. The minimum absolute atomic E-state index is 0.341. The van der Waals surface area contributed by atoms with Crippen LogP contribution in [0.4, 0.5) is 0 Å². The summed E-state index contributed by atoms with van der Waals surface area (Å²) >= 11 is 1.51. The monoisotopic (exact) mass is 481 g/mol. The molecule has 7 nitrogen and oxygen atoms in total. The summed E-state index contributed by atoms with van der Waals surface area (Å²) in [6.07, 6.45) is 0.445. The van der Waals surface area contributed by atoms with Crippen LogP contribution in [-0.4, -0.2) is 38.5 Å². The molecule has 178 valence electrons. The smallest absolute Gasteiger partial charge is 0.336 e. The van der Waals surface area contributed by atoms with Gasteiger partial charge in [0.15, 0.2) is 5.78 Å². The largest absolute Gasteiger partial charge is 0.494 e. The highest BCUT2D eigenvalue weighted by molar-refractivity contribution is 7.10. The van der Waals surface area contributed by atoms with Crippen LogP contribution in [-0.2, 0) is 23.9 Å². The van der Waals surface area contributed by atoms with Crippen molar-refractivity contribution in [1.82, 2.24) is 5.32 Å². The number of esters is 2. The van der Waals surface area contributed by atoms with Gasteiger partial charge < -0.3 is 19.5 Å². The highest BCUT2D eigenvalue weighted by atomic mass is 32.1. The van der Waals surface area contributed by atoms with Gasteiger partial charge in [0.2, 0.25) is 0 Å². The van der Waals surface area contributed by atoms with Crippen molar-refractivity contribution >= 4 is 29.1 Å². The molecule has 0 saturated heterocycles. The molecule has 1 aromatic carbocycles. The quantitative estimate of drug-likeness (QED) is 0.491. The summed E-state index contributed by atoms with van der Waals surface area (Å²) in [5.41, 5.74) is 2.82. The van der Waals surface area contributed by atoms with Crippen molar-refractivity contribution in [2.45, 2.75) is 32.1 Å². The lowest BCUT2D eigenvalue weighted by atomic mass is 9.68. The van der Waals surface area contributed by atoms with Crippen molar-refractivity contribution in [3.05, 3.63) is 74.8 Å². The number of methoxy groups -OCH3 is 2. The number of hydrogen-bond donors (Lipinski definition) is 1. The number of carbonyl (C=O) groups is 3. The first-order chi connectivity index (χ1) is 16.4. The molecular weight excluding hydrogens is 454 g/mol. The molecule has 0 fully saturated rings. The van der Waals surface area contributed by atoms with Gasteiger partial charge in [-0.25, -0.2) is 4.79 Å². The normalized spacial score (nSPS) is 22.1. The van der Waals surface area contributed by atoms with Crippen LogP contribution in [0.5, 0.6) is 5.75 Å². The first-order valence-electron chi connectivity index (χ1n) is 11.1. The van der Waals surface area contributed by atoms with Gasteiger partial charge in [0, 0.05) is 33.7 Å². The number of rotatable bonds is 6. The number of carbonyl (C=O) groups excluding carboxylic acids is 3. The first-order valence-corrected chi connectivity index (χ1v) is 12.0. The second-order valence-corrected chi connectivity index (χ2v) is 9.15. The number of hydrogen-bond acceptors (Lipinski definition) is 8. The van der Waals surface area contributed by atoms with E-state index < -0.39 is 23.8 Å². The third kappa shape index (κ3) is 4.14. The predicted octanol–water partition coefficient (Wildman–Crippen LogP) is 4.08. The summed E-state index contributed by atoms with van der Waals surface area (Å²) in [5.74, 6) is -2.78. The van der Waals surface area contributed by atoms with Crippen LogP contribution in [0.1, 0.15) is 42.5 Å². The summed E-state index contributed by atoms with van der Waals surface area (Å²) in [5, 5.41) is 5.21. The van der Waals surface area contributed by atoms with Crippen LogP contribution in [0.25, 0.3) is 0 Å². The van der Waals surface area contributed by atoms with Crippen molar-refractivity contribution in [1.29, 1.82) is 0 Å². The van der Waals surface area contributed by atoms with E-state index in [2.05, 4.69) is 5.32 Å². The third-order valence-electron chi connectivity index (χ3n) is 6.31. The van der Waals surface area contributed by atoms with E-state index in [1.807, 2.05) is 48.7 Å². The molecule has 4 rings (SSSR count).